The third kappa shape index (κ3) is 3.79. The fourth-order valence-electron chi connectivity index (χ4n) is 2.44. The quantitative estimate of drug-likeness (QED) is 0.813. The van der Waals surface area contributed by atoms with Gasteiger partial charge in [-0.05, 0) is 25.1 Å². The molecule has 0 unspecified atom stereocenters. The second kappa shape index (κ2) is 6.54. The molecule has 1 aliphatic heterocycles. The Morgan fingerprint density at radius 3 is 2.39 bits per heavy atom. The number of hydrogen-bond acceptors (Lipinski definition) is 5. The summed E-state index contributed by atoms with van der Waals surface area (Å²) in [5.41, 5.74) is 0.634. The van der Waals surface area contributed by atoms with Crippen molar-refractivity contribution in [1.29, 1.82) is 5.26 Å². The van der Waals surface area contributed by atoms with E-state index in [2.05, 4.69) is 0 Å². The van der Waals surface area contributed by atoms with Gasteiger partial charge in [0.25, 0.3) is 0 Å². The van der Waals surface area contributed by atoms with Crippen molar-refractivity contribution in [3.05, 3.63) is 29.6 Å². The molecule has 1 fully saturated rings. The van der Waals surface area contributed by atoms with Crippen LogP contribution in [0.5, 0.6) is 0 Å². The highest BCUT2D eigenvalue weighted by Gasteiger charge is 2.30. The van der Waals surface area contributed by atoms with Crippen molar-refractivity contribution in [3.8, 4) is 6.07 Å². The van der Waals surface area contributed by atoms with Crippen LogP contribution in [0.3, 0.4) is 0 Å². The summed E-state index contributed by atoms with van der Waals surface area (Å²) in [6.07, 6.45) is 1.04. The molecule has 1 heterocycles. The second-order valence-corrected chi connectivity index (χ2v) is 7.93. The number of carbonyl (C=O) groups excluding carboxylic acids is 1. The van der Waals surface area contributed by atoms with E-state index < -0.39 is 26.8 Å². The van der Waals surface area contributed by atoms with Crippen molar-refractivity contribution in [1.82, 2.24) is 4.90 Å². The van der Waals surface area contributed by atoms with E-state index in [4.69, 9.17) is 5.26 Å². The molecule has 0 aliphatic carbocycles. The largest absolute Gasteiger partial charge is 0.366 e. The maximum atomic E-state index is 14.0. The summed E-state index contributed by atoms with van der Waals surface area (Å²) in [6.45, 7) is 2.86. The third-order valence-electron chi connectivity index (χ3n) is 4.00. The zero-order chi connectivity index (χ0) is 17.2. The lowest BCUT2D eigenvalue weighted by Crippen LogP contribution is -2.52. The van der Waals surface area contributed by atoms with Crippen LogP contribution in [0, 0.1) is 17.1 Å². The van der Waals surface area contributed by atoms with Crippen LogP contribution in [0.25, 0.3) is 0 Å². The van der Waals surface area contributed by atoms with Crippen molar-refractivity contribution < 1.29 is 17.6 Å². The van der Waals surface area contributed by atoms with Crippen molar-refractivity contribution in [2.75, 3.05) is 37.3 Å². The molecule has 0 aromatic heterocycles. The van der Waals surface area contributed by atoms with Crippen LogP contribution < -0.4 is 4.90 Å². The lowest BCUT2D eigenvalue weighted by atomic mass is 10.1. The van der Waals surface area contributed by atoms with Crippen molar-refractivity contribution in [2.45, 2.75) is 12.2 Å². The van der Waals surface area contributed by atoms with E-state index in [1.165, 1.54) is 17.9 Å². The van der Waals surface area contributed by atoms with Crippen LogP contribution in [0.1, 0.15) is 12.5 Å². The van der Waals surface area contributed by atoms with Crippen LogP contribution in [-0.4, -0.2) is 56.9 Å². The predicted octanol–water partition coefficient (Wildman–Crippen LogP) is 0.779. The zero-order valence-corrected chi connectivity index (χ0v) is 13.8. The topological polar surface area (TPSA) is 81.5 Å². The van der Waals surface area contributed by atoms with E-state index in [9.17, 15) is 17.6 Å². The van der Waals surface area contributed by atoms with Crippen LogP contribution in [0.4, 0.5) is 10.1 Å². The minimum absolute atomic E-state index is 0.252. The third-order valence-corrected chi connectivity index (χ3v) is 5.48. The van der Waals surface area contributed by atoms with Crippen molar-refractivity contribution in [3.63, 3.8) is 0 Å². The van der Waals surface area contributed by atoms with Gasteiger partial charge in [0.05, 0.1) is 17.3 Å². The van der Waals surface area contributed by atoms with E-state index in [1.807, 2.05) is 6.07 Å². The number of carbonyl (C=O) groups is 1. The van der Waals surface area contributed by atoms with E-state index >= 15 is 0 Å². The van der Waals surface area contributed by atoms with Gasteiger partial charge < -0.3 is 9.80 Å². The van der Waals surface area contributed by atoms with Crippen molar-refractivity contribution in [2.24, 2.45) is 0 Å². The summed E-state index contributed by atoms with van der Waals surface area (Å²) in [4.78, 5) is 15.4. The van der Waals surface area contributed by atoms with E-state index in [1.54, 1.807) is 17.0 Å². The second-order valence-electron chi connectivity index (χ2n) is 5.56. The number of hydrogen-bond donors (Lipinski definition) is 0. The molecule has 1 aromatic rings. The normalized spacial score (nSPS) is 16.8. The first-order valence-electron chi connectivity index (χ1n) is 7.16. The van der Waals surface area contributed by atoms with Crippen LogP contribution >= 0.6 is 0 Å². The minimum Gasteiger partial charge on any atom is -0.366 e. The van der Waals surface area contributed by atoms with Gasteiger partial charge in [0.1, 0.15) is 11.1 Å². The maximum Gasteiger partial charge on any atom is 0.240 e. The Morgan fingerprint density at radius 1 is 1.30 bits per heavy atom. The van der Waals surface area contributed by atoms with Gasteiger partial charge in [-0.15, -0.1) is 0 Å². The molecule has 2 rings (SSSR count). The van der Waals surface area contributed by atoms with Gasteiger partial charge in [-0.2, -0.15) is 5.26 Å². The first kappa shape index (κ1) is 17.2. The van der Waals surface area contributed by atoms with Gasteiger partial charge >= 0.3 is 0 Å². The standard InChI is InChI=1S/C15H18FN3O3S/c1-11(23(2,21)22)15(20)19-7-5-18(6-8-19)14-4-3-12(10-17)9-13(14)16/h3-4,9,11H,5-8H2,1-2H3/t11-/m1/s1. The molecule has 0 spiro atoms. The smallest absolute Gasteiger partial charge is 0.240 e. The average molecular weight is 339 g/mol. The molecule has 0 radical (unpaired) electrons. The van der Waals surface area contributed by atoms with Crippen LogP contribution in [-0.2, 0) is 14.6 Å². The van der Waals surface area contributed by atoms with Gasteiger partial charge in [-0.25, -0.2) is 12.8 Å². The van der Waals surface area contributed by atoms with Gasteiger partial charge in [-0.3, -0.25) is 4.79 Å². The molecule has 6 nitrogen and oxygen atoms in total. The van der Waals surface area contributed by atoms with Crippen LogP contribution in [0.2, 0.25) is 0 Å². The maximum absolute atomic E-state index is 14.0. The predicted molar refractivity (Wildman–Crippen MR) is 84.2 cm³/mol. The minimum atomic E-state index is -3.43. The van der Waals surface area contributed by atoms with Gasteiger partial charge in [-0.1, -0.05) is 0 Å². The number of benzene rings is 1. The lowest BCUT2D eigenvalue weighted by molar-refractivity contribution is -0.130. The number of nitriles is 1. The average Bonchev–Trinajstić information content (AvgIpc) is 2.52. The summed E-state index contributed by atoms with van der Waals surface area (Å²) < 4.78 is 37.0. The Kier molecular flexibility index (Phi) is 4.90. The highest BCUT2D eigenvalue weighted by molar-refractivity contribution is 7.92. The molecular formula is C15H18FN3O3S. The highest BCUT2D eigenvalue weighted by Crippen LogP contribution is 2.22. The first-order chi connectivity index (χ1) is 10.7. The Hall–Kier alpha value is -2.14. The molecule has 0 N–H and O–H groups in total. The monoisotopic (exact) mass is 339 g/mol. The molecule has 1 atom stereocenters. The van der Waals surface area contributed by atoms with Gasteiger partial charge in [0, 0.05) is 32.4 Å². The number of amides is 1. The number of rotatable bonds is 3. The zero-order valence-electron chi connectivity index (χ0n) is 13.0. The number of nitrogens with zero attached hydrogens (tertiary/aromatic N) is 3. The highest BCUT2D eigenvalue weighted by atomic mass is 32.2. The Bertz CT molecular complexity index is 750. The Balaban J connectivity index is 2.04. The van der Waals surface area contributed by atoms with E-state index in [0.29, 0.717) is 31.9 Å². The van der Waals surface area contributed by atoms with Crippen LogP contribution in [0.15, 0.2) is 18.2 Å². The summed E-state index contributed by atoms with van der Waals surface area (Å²) in [5.74, 6) is -0.902. The number of anilines is 1. The molecular weight excluding hydrogens is 321 g/mol. The Morgan fingerprint density at radius 2 is 1.91 bits per heavy atom. The van der Waals surface area contributed by atoms with Crippen molar-refractivity contribution >= 4 is 21.4 Å². The summed E-state index contributed by atoms with van der Waals surface area (Å²) in [5, 5.41) is 7.68. The molecule has 1 saturated heterocycles. The molecule has 1 aliphatic rings. The summed E-state index contributed by atoms with van der Waals surface area (Å²) in [7, 11) is -3.43. The number of halogens is 1. The fraction of sp³-hybridized carbons (Fsp3) is 0.467. The molecule has 23 heavy (non-hydrogen) atoms. The molecule has 0 bridgehead atoms. The fourth-order valence-corrected chi connectivity index (χ4v) is 2.96. The summed E-state index contributed by atoms with van der Waals surface area (Å²) >= 11 is 0. The summed E-state index contributed by atoms with van der Waals surface area (Å²) in [6, 6.07) is 6.15. The Labute approximate surface area is 135 Å². The molecule has 1 aromatic carbocycles. The number of sulfone groups is 1. The van der Waals surface area contributed by atoms with E-state index in [0.717, 1.165) is 6.26 Å². The SMILES string of the molecule is C[C@H](C(=O)N1CCN(c2ccc(C#N)cc2F)CC1)S(C)(=O)=O. The first-order valence-corrected chi connectivity index (χ1v) is 9.11. The molecule has 0 saturated carbocycles. The molecule has 1 amide bonds. The molecule has 124 valence electrons. The van der Waals surface area contributed by atoms with E-state index in [-0.39, 0.29) is 5.56 Å². The van der Waals surface area contributed by atoms with Gasteiger partial charge in [0.15, 0.2) is 9.84 Å². The lowest BCUT2D eigenvalue weighted by Gasteiger charge is -2.37. The number of piperazine rings is 1. The van der Waals surface area contributed by atoms with Gasteiger partial charge in [0.2, 0.25) is 5.91 Å². The molecule has 8 heteroatoms.